The first-order valence-electron chi connectivity index (χ1n) is 22.9. The normalized spacial score (nSPS) is 22.3. The number of para-hydroxylation sites is 1. The molecule has 2 amide bonds. The van der Waals surface area contributed by atoms with Crippen LogP contribution in [0, 0.1) is 0 Å². The number of likely N-dealkylation sites (tertiary alicyclic amines) is 1. The molecule has 2 atom stereocenters. The second-order valence-corrected chi connectivity index (χ2v) is 19.5. The van der Waals surface area contributed by atoms with Crippen LogP contribution in [0.4, 0.5) is 17.5 Å². The van der Waals surface area contributed by atoms with Crippen LogP contribution < -0.4 is 26.1 Å². The van der Waals surface area contributed by atoms with Crippen molar-refractivity contribution in [2.24, 2.45) is 7.05 Å². The van der Waals surface area contributed by atoms with E-state index in [1.165, 1.54) is 18.9 Å². The molecule has 0 spiro atoms. The zero-order chi connectivity index (χ0) is 43.6. The Balaban J connectivity index is 0.767. The smallest absolute Gasteiger partial charge is 0.329 e. The highest BCUT2D eigenvalue weighted by atomic mass is 32.2. The predicted octanol–water partition coefficient (Wildman–Crippen LogP) is 5.15. The Morgan fingerprint density at radius 3 is 2.37 bits per heavy atom. The number of amides is 2. The van der Waals surface area contributed by atoms with Crippen molar-refractivity contribution in [1.82, 2.24) is 33.6 Å². The van der Waals surface area contributed by atoms with Crippen molar-refractivity contribution in [3.8, 4) is 0 Å². The van der Waals surface area contributed by atoms with Gasteiger partial charge in [-0.05, 0) is 119 Å². The molecule has 4 aromatic rings. The number of allylic oxidation sites excluding steroid dienone is 1. The number of carbonyl (C=O) groups excluding carboxylic acids is 3. The average Bonchev–Trinajstić information content (AvgIpc) is 3.95. The van der Waals surface area contributed by atoms with Gasteiger partial charge in [-0.1, -0.05) is 31.0 Å². The number of fused-ring (bicyclic) bond motifs is 1. The summed E-state index contributed by atoms with van der Waals surface area (Å²) in [5.74, 6) is 1.03. The van der Waals surface area contributed by atoms with Crippen molar-refractivity contribution in [1.29, 1.82) is 0 Å². The quantitative estimate of drug-likeness (QED) is 0.110. The van der Waals surface area contributed by atoms with Crippen molar-refractivity contribution >= 4 is 63.6 Å². The van der Waals surface area contributed by atoms with E-state index in [4.69, 9.17) is 4.98 Å². The van der Waals surface area contributed by atoms with E-state index in [-0.39, 0.29) is 24.1 Å². The van der Waals surface area contributed by atoms with Crippen molar-refractivity contribution in [3.05, 3.63) is 76.3 Å². The molecule has 4 aliphatic heterocycles. The Bertz CT molecular complexity index is 2440. The van der Waals surface area contributed by atoms with Gasteiger partial charge in [-0.25, -0.2) is 18.3 Å². The molecule has 2 aromatic heterocycles. The molecule has 2 unspecified atom stereocenters. The van der Waals surface area contributed by atoms with Crippen LogP contribution in [0.2, 0.25) is 0 Å². The summed E-state index contributed by atoms with van der Waals surface area (Å²) in [5, 5.41) is 5.96. The van der Waals surface area contributed by atoms with Gasteiger partial charge in [0.15, 0.2) is 0 Å². The van der Waals surface area contributed by atoms with E-state index in [1.807, 2.05) is 24.3 Å². The molecule has 9 rings (SSSR count). The Kier molecular flexibility index (Phi) is 12.9. The van der Waals surface area contributed by atoms with Gasteiger partial charge in [0.05, 0.1) is 15.9 Å². The summed E-state index contributed by atoms with van der Waals surface area (Å²) >= 11 is 0. The number of nitrogens with one attached hydrogen (secondary N) is 2. The number of piperidine rings is 4. The molecule has 0 radical (unpaired) electrons. The molecule has 2 aromatic carbocycles. The largest absolute Gasteiger partial charge is 0.371 e. The first-order valence-corrected chi connectivity index (χ1v) is 24.0. The molecule has 4 saturated heterocycles. The van der Waals surface area contributed by atoms with Gasteiger partial charge in [0.2, 0.25) is 17.8 Å². The Morgan fingerprint density at radius 2 is 1.63 bits per heavy atom. The van der Waals surface area contributed by atoms with Crippen LogP contribution in [0.25, 0.3) is 17.1 Å². The number of nitrogens with zero attached hydrogens (tertiary/aromatic N) is 8. The Labute approximate surface area is 371 Å². The minimum absolute atomic E-state index is 0.168. The molecule has 16 heteroatoms. The lowest BCUT2D eigenvalue weighted by atomic mass is 9.87. The van der Waals surface area contributed by atoms with Gasteiger partial charge in [-0.2, -0.15) is 4.98 Å². The molecule has 1 saturated carbocycles. The van der Waals surface area contributed by atoms with Crippen molar-refractivity contribution < 1.29 is 18.6 Å². The molecular formula is C47H60N10O5S. The number of rotatable bonds is 12. The maximum absolute atomic E-state index is 13.9. The van der Waals surface area contributed by atoms with E-state index in [0.717, 1.165) is 122 Å². The molecule has 334 valence electrons. The number of aldehydes is 1. The average molecular weight is 877 g/mol. The monoisotopic (exact) mass is 876 g/mol. The van der Waals surface area contributed by atoms with Gasteiger partial charge >= 0.3 is 5.69 Å². The van der Waals surface area contributed by atoms with Gasteiger partial charge in [-0.15, -0.1) is 0 Å². The number of aryl methyl sites for hydroxylation is 1. The van der Waals surface area contributed by atoms with Crippen LogP contribution in [-0.4, -0.2) is 115 Å². The first kappa shape index (κ1) is 43.1. The lowest BCUT2D eigenvalue weighted by Crippen LogP contribution is -2.47. The highest BCUT2D eigenvalue weighted by Crippen LogP contribution is 2.36. The van der Waals surface area contributed by atoms with Gasteiger partial charge < -0.3 is 20.0 Å². The van der Waals surface area contributed by atoms with Gasteiger partial charge in [0.1, 0.15) is 29.1 Å². The predicted molar refractivity (Wildman–Crippen MR) is 246 cm³/mol. The summed E-state index contributed by atoms with van der Waals surface area (Å²) in [6.07, 6.45) is 16.9. The van der Waals surface area contributed by atoms with Crippen LogP contribution in [0.15, 0.2) is 64.4 Å². The van der Waals surface area contributed by atoms with Crippen molar-refractivity contribution in [3.63, 3.8) is 0 Å². The Morgan fingerprint density at radius 1 is 0.889 bits per heavy atom. The van der Waals surface area contributed by atoms with E-state index in [9.17, 15) is 23.4 Å². The van der Waals surface area contributed by atoms with E-state index >= 15 is 0 Å². The lowest BCUT2D eigenvalue weighted by Gasteiger charge is -2.42. The second kappa shape index (κ2) is 18.9. The van der Waals surface area contributed by atoms with Crippen LogP contribution in [0.5, 0.6) is 0 Å². The topological polar surface area (TPSA) is 158 Å². The van der Waals surface area contributed by atoms with Crippen molar-refractivity contribution in [2.45, 2.75) is 112 Å². The molecular weight excluding hydrogens is 817 g/mol. The summed E-state index contributed by atoms with van der Waals surface area (Å²) in [5.41, 5.74) is 4.54. The van der Waals surface area contributed by atoms with Gasteiger partial charge in [-0.3, -0.25) is 28.8 Å². The number of anilines is 3. The molecule has 5 aliphatic rings. The fourth-order valence-electron chi connectivity index (χ4n) is 10.8. The Hall–Kier alpha value is -5.19. The molecule has 0 bridgehead atoms. The third kappa shape index (κ3) is 8.99. The number of carbonyl (C=O) groups is 3. The standard InChI is InChI=1S/C47H60N10O5S/c1-52(35-9-3-4-10-35)44-33(8-7-29-58)31-48-46(51-44)49-34-19-27-56(28-20-34)63(62)38-12-5-11-37(30-38)55-25-21-36(22-26-55)54-23-17-32(18-24-54)39-13-6-14-40-43(39)53(2)47(61)57(40)41-15-16-42(59)50-45(41)60/h5-8,11-14,29-32,34-36,41H,3-4,9-10,15-28H2,1-2H3,(H,48,49,51)(H,50,59,60)/b8-7-. The first-order chi connectivity index (χ1) is 30.7. The van der Waals surface area contributed by atoms with E-state index in [1.54, 1.807) is 28.5 Å². The number of imide groups is 1. The fraction of sp³-hybridized carbons (Fsp3) is 0.532. The zero-order valence-corrected chi connectivity index (χ0v) is 37.3. The highest BCUT2D eigenvalue weighted by Gasteiger charge is 2.34. The second-order valence-electron chi connectivity index (χ2n) is 18.0. The molecule has 63 heavy (non-hydrogen) atoms. The summed E-state index contributed by atoms with van der Waals surface area (Å²) in [7, 11) is 2.61. The third-order valence-corrected chi connectivity index (χ3v) is 15.9. The SMILES string of the molecule is CN(c1nc(NC2CCN(S(=O)c3cccc(N4CCC(N5CCC(c6cccc7c6n(C)c(=O)n7C6CCC(=O)NC6=O)CC5)CC4)c3)CC2)ncc1/C=C\C=O)C1CCCC1. The van der Waals surface area contributed by atoms with Crippen LogP contribution >= 0.6 is 0 Å². The minimum atomic E-state index is -1.26. The summed E-state index contributed by atoms with van der Waals surface area (Å²) < 4.78 is 19.3. The van der Waals surface area contributed by atoms with Gasteiger partial charge in [0.25, 0.3) is 0 Å². The third-order valence-electron chi connectivity index (χ3n) is 14.4. The molecule has 2 N–H and O–H groups in total. The summed E-state index contributed by atoms with van der Waals surface area (Å²) in [4.78, 5) is 66.9. The van der Waals surface area contributed by atoms with Crippen LogP contribution in [0.3, 0.4) is 0 Å². The highest BCUT2D eigenvalue weighted by molar-refractivity contribution is 7.82. The minimum Gasteiger partial charge on any atom is -0.371 e. The lowest BCUT2D eigenvalue weighted by molar-refractivity contribution is -0.135. The summed E-state index contributed by atoms with van der Waals surface area (Å²) in [6, 6.07) is 14.7. The van der Waals surface area contributed by atoms with Crippen molar-refractivity contribution in [2.75, 3.05) is 61.4 Å². The van der Waals surface area contributed by atoms with E-state index in [2.05, 4.69) is 59.9 Å². The van der Waals surface area contributed by atoms with Crippen LogP contribution in [-0.2, 0) is 32.4 Å². The molecule has 5 fully saturated rings. The number of aromatic nitrogens is 4. The van der Waals surface area contributed by atoms with Crippen LogP contribution in [0.1, 0.15) is 100 Å². The molecule has 6 heterocycles. The fourth-order valence-corrected chi connectivity index (χ4v) is 12.1. The number of hydrogen-bond donors (Lipinski definition) is 2. The maximum atomic E-state index is 13.9. The molecule has 15 nitrogen and oxygen atoms in total. The van der Waals surface area contributed by atoms with E-state index in [0.29, 0.717) is 43.5 Å². The van der Waals surface area contributed by atoms with E-state index < -0.39 is 22.9 Å². The zero-order valence-electron chi connectivity index (χ0n) is 36.5. The molecule has 1 aliphatic carbocycles. The number of hydrogen-bond acceptors (Lipinski definition) is 11. The van der Waals surface area contributed by atoms with Gasteiger partial charge in [0, 0.05) is 82.3 Å². The maximum Gasteiger partial charge on any atom is 0.329 e. The number of benzene rings is 2. The summed E-state index contributed by atoms with van der Waals surface area (Å²) in [6.45, 7) is 5.28. The number of imidazole rings is 1.